The minimum atomic E-state index is -0.683. The van der Waals surface area contributed by atoms with E-state index in [0.717, 1.165) is 25.4 Å². The highest BCUT2D eigenvalue weighted by atomic mass is 16.4. The highest BCUT2D eigenvalue weighted by Gasteiger charge is 2.17. The van der Waals surface area contributed by atoms with Crippen molar-refractivity contribution < 1.29 is 9.90 Å². The van der Waals surface area contributed by atoms with E-state index in [1.807, 2.05) is 0 Å². The standard InChI is InChI=1S/C14H28N2O2/c1-12(14(17)18)6-9-15(2)10-7-13-5-4-8-16(3)11-13/h12-13H,4-11H2,1-3H3,(H,17,18). The molecule has 4 nitrogen and oxygen atoms in total. The first kappa shape index (κ1) is 15.4. The van der Waals surface area contributed by atoms with E-state index >= 15 is 0 Å². The van der Waals surface area contributed by atoms with Gasteiger partial charge >= 0.3 is 5.97 Å². The second-order valence-corrected chi connectivity index (χ2v) is 5.89. The van der Waals surface area contributed by atoms with E-state index in [2.05, 4.69) is 23.9 Å². The van der Waals surface area contributed by atoms with Crippen LogP contribution in [0.4, 0.5) is 0 Å². The summed E-state index contributed by atoms with van der Waals surface area (Å²) in [5, 5.41) is 8.83. The molecular weight excluding hydrogens is 228 g/mol. The van der Waals surface area contributed by atoms with Gasteiger partial charge in [-0.2, -0.15) is 0 Å². The second kappa shape index (κ2) is 7.74. The minimum absolute atomic E-state index is 0.228. The summed E-state index contributed by atoms with van der Waals surface area (Å²) in [6.07, 6.45) is 4.66. The van der Waals surface area contributed by atoms with Crippen molar-refractivity contribution in [2.75, 3.05) is 40.3 Å². The number of piperidine rings is 1. The summed E-state index contributed by atoms with van der Waals surface area (Å²) >= 11 is 0. The molecule has 0 aromatic rings. The van der Waals surface area contributed by atoms with E-state index in [0.29, 0.717) is 0 Å². The maximum absolute atomic E-state index is 10.7. The Morgan fingerprint density at radius 1 is 1.50 bits per heavy atom. The number of carbonyl (C=O) groups is 1. The average Bonchev–Trinajstić information content (AvgIpc) is 2.33. The number of hydrogen-bond acceptors (Lipinski definition) is 3. The summed E-state index contributed by atoms with van der Waals surface area (Å²) in [7, 11) is 4.30. The number of nitrogens with zero attached hydrogens (tertiary/aromatic N) is 2. The zero-order valence-electron chi connectivity index (χ0n) is 12.1. The fourth-order valence-electron chi connectivity index (χ4n) is 2.56. The lowest BCUT2D eigenvalue weighted by atomic mass is 9.95. The number of aliphatic carboxylic acids is 1. The summed E-state index contributed by atoms with van der Waals surface area (Å²) in [5.41, 5.74) is 0. The minimum Gasteiger partial charge on any atom is -0.481 e. The van der Waals surface area contributed by atoms with Crippen LogP contribution in [0, 0.1) is 11.8 Å². The summed E-state index contributed by atoms with van der Waals surface area (Å²) in [4.78, 5) is 15.4. The van der Waals surface area contributed by atoms with Crippen molar-refractivity contribution in [3.63, 3.8) is 0 Å². The van der Waals surface area contributed by atoms with Crippen molar-refractivity contribution >= 4 is 5.97 Å². The Balaban J connectivity index is 2.12. The molecule has 1 N–H and O–H groups in total. The molecule has 0 spiro atoms. The van der Waals surface area contributed by atoms with Crippen LogP contribution in [0.2, 0.25) is 0 Å². The molecular formula is C14H28N2O2. The molecule has 0 bridgehead atoms. The van der Waals surface area contributed by atoms with Crippen LogP contribution in [0.15, 0.2) is 0 Å². The van der Waals surface area contributed by atoms with Crippen molar-refractivity contribution in [1.29, 1.82) is 0 Å². The molecule has 1 aliphatic heterocycles. The molecule has 0 amide bonds. The SMILES string of the molecule is CC(CCN(C)CCC1CCCN(C)C1)C(=O)O. The Labute approximate surface area is 111 Å². The van der Waals surface area contributed by atoms with Gasteiger partial charge in [0.2, 0.25) is 0 Å². The van der Waals surface area contributed by atoms with Crippen molar-refractivity contribution in [3.8, 4) is 0 Å². The van der Waals surface area contributed by atoms with Crippen molar-refractivity contribution in [2.45, 2.75) is 32.6 Å². The Morgan fingerprint density at radius 3 is 2.83 bits per heavy atom. The molecule has 1 aliphatic rings. The van der Waals surface area contributed by atoms with Gasteiger partial charge in [0.25, 0.3) is 0 Å². The largest absolute Gasteiger partial charge is 0.481 e. The third kappa shape index (κ3) is 5.83. The fourth-order valence-corrected chi connectivity index (χ4v) is 2.56. The molecule has 2 unspecified atom stereocenters. The molecule has 1 saturated heterocycles. The van der Waals surface area contributed by atoms with Crippen LogP contribution >= 0.6 is 0 Å². The van der Waals surface area contributed by atoms with E-state index < -0.39 is 5.97 Å². The molecule has 1 fully saturated rings. The van der Waals surface area contributed by atoms with Crippen LogP contribution in [0.1, 0.15) is 32.6 Å². The van der Waals surface area contributed by atoms with Gasteiger partial charge in [-0.25, -0.2) is 0 Å². The Bertz CT molecular complexity index is 258. The first-order valence-electron chi connectivity index (χ1n) is 7.09. The zero-order valence-corrected chi connectivity index (χ0v) is 12.1. The van der Waals surface area contributed by atoms with Crippen LogP contribution in [0.25, 0.3) is 0 Å². The first-order valence-corrected chi connectivity index (χ1v) is 7.09. The Kier molecular flexibility index (Phi) is 6.65. The molecule has 0 radical (unpaired) electrons. The van der Waals surface area contributed by atoms with Crippen LogP contribution in [-0.4, -0.2) is 61.2 Å². The predicted molar refractivity (Wildman–Crippen MR) is 73.8 cm³/mol. The molecule has 4 heteroatoms. The maximum atomic E-state index is 10.7. The lowest BCUT2D eigenvalue weighted by molar-refractivity contribution is -0.141. The second-order valence-electron chi connectivity index (χ2n) is 5.89. The van der Waals surface area contributed by atoms with E-state index in [1.165, 1.54) is 32.4 Å². The summed E-state index contributed by atoms with van der Waals surface area (Å²) in [6.45, 7) is 6.22. The zero-order chi connectivity index (χ0) is 13.5. The molecule has 0 aromatic carbocycles. The highest BCUT2D eigenvalue weighted by molar-refractivity contribution is 5.69. The Hall–Kier alpha value is -0.610. The molecule has 0 aliphatic carbocycles. The van der Waals surface area contributed by atoms with E-state index in [9.17, 15) is 4.79 Å². The number of carboxylic acid groups (broad SMARTS) is 1. The average molecular weight is 256 g/mol. The lowest BCUT2D eigenvalue weighted by Gasteiger charge is -2.30. The van der Waals surface area contributed by atoms with E-state index in [4.69, 9.17) is 5.11 Å². The molecule has 2 atom stereocenters. The third-order valence-corrected chi connectivity index (χ3v) is 4.01. The number of rotatable bonds is 7. The van der Waals surface area contributed by atoms with Gasteiger partial charge in [-0.1, -0.05) is 6.92 Å². The van der Waals surface area contributed by atoms with Gasteiger partial charge in [-0.15, -0.1) is 0 Å². The van der Waals surface area contributed by atoms with Gasteiger partial charge in [0.05, 0.1) is 5.92 Å². The molecule has 1 rings (SSSR count). The molecule has 0 saturated carbocycles. The summed E-state index contributed by atoms with van der Waals surface area (Å²) < 4.78 is 0. The maximum Gasteiger partial charge on any atom is 0.306 e. The number of likely N-dealkylation sites (tertiary alicyclic amines) is 1. The van der Waals surface area contributed by atoms with Gasteiger partial charge in [0, 0.05) is 6.54 Å². The van der Waals surface area contributed by atoms with E-state index in [1.54, 1.807) is 6.92 Å². The van der Waals surface area contributed by atoms with Gasteiger partial charge in [-0.05, 0) is 65.3 Å². The molecule has 106 valence electrons. The predicted octanol–water partition coefficient (Wildman–Crippen LogP) is 1.76. The molecule has 18 heavy (non-hydrogen) atoms. The quantitative estimate of drug-likeness (QED) is 0.754. The lowest BCUT2D eigenvalue weighted by Crippen LogP contribution is -2.34. The topological polar surface area (TPSA) is 43.8 Å². The highest BCUT2D eigenvalue weighted by Crippen LogP contribution is 2.18. The smallest absolute Gasteiger partial charge is 0.306 e. The summed E-state index contributed by atoms with van der Waals surface area (Å²) in [6, 6.07) is 0. The van der Waals surface area contributed by atoms with Crippen molar-refractivity contribution in [1.82, 2.24) is 9.80 Å². The van der Waals surface area contributed by atoms with Gasteiger partial charge < -0.3 is 14.9 Å². The monoisotopic (exact) mass is 256 g/mol. The van der Waals surface area contributed by atoms with Crippen LogP contribution in [0.3, 0.4) is 0 Å². The first-order chi connectivity index (χ1) is 8.49. The van der Waals surface area contributed by atoms with Crippen molar-refractivity contribution in [3.05, 3.63) is 0 Å². The van der Waals surface area contributed by atoms with Crippen LogP contribution in [-0.2, 0) is 4.79 Å². The van der Waals surface area contributed by atoms with Gasteiger partial charge in [0.1, 0.15) is 0 Å². The normalized spacial score (nSPS) is 23.2. The third-order valence-electron chi connectivity index (χ3n) is 4.01. The molecule has 1 heterocycles. The van der Waals surface area contributed by atoms with E-state index in [-0.39, 0.29) is 5.92 Å². The van der Waals surface area contributed by atoms with Crippen LogP contribution < -0.4 is 0 Å². The molecule has 0 aromatic heterocycles. The van der Waals surface area contributed by atoms with Crippen molar-refractivity contribution in [2.24, 2.45) is 11.8 Å². The van der Waals surface area contributed by atoms with Gasteiger partial charge in [0.15, 0.2) is 0 Å². The summed E-state index contributed by atoms with van der Waals surface area (Å²) in [5.74, 6) is -0.0892. The Morgan fingerprint density at radius 2 is 2.22 bits per heavy atom. The van der Waals surface area contributed by atoms with Gasteiger partial charge in [-0.3, -0.25) is 4.79 Å². The number of carboxylic acids is 1. The van der Waals surface area contributed by atoms with Crippen LogP contribution in [0.5, 0.6) is 0 Å². The fraction of sp³-hybridized carbons (Fsp3) is 0.929. The number of hydrogen-bond donors (Lipinski definition) is 1.